The third-order valence-electron chi connectivity index (χ3n) is 3.35. The van der Waals surface area contributed by atoms with Crippen LogP contribution in [0.4, 0.5) is 0 Å². The van der Waals surface area contributed by atoms with Crippen LogP contribution in [0.25, 0.3) is 0 Å². The molecule has 2 heteroatoms. The van der Waals surface area contributed by atoms with Crippen molar-refractivity contribution in [1.29, 1.82) is 0 Å². The smallest absolute Gasteiger partial charge is 0.188 e. The molecule has 0 N–H and O–H groups in total. The number of carbonyl (C=O) groups is 1. The molecule has 0 spiro atoms. The highest BCUT2D eigenvalue weighted by Gasteiger charge is 2.13. The summed E-state index contributed by atoms with van der Waals surface area (Å²) < 4.78 is 5.37. The van der Waals surface area contributed by atoms with E-state index in [4.69, 9.17) is 4.74 Å². The first-order valence-electron chi connectivity index (χ1n) is 6.65. The van der Waals surface area contributed by atoms with E-state index < -0.39 is 0 Å². The minimum atomic E-state index is 0.0864. The Kier molecular flexibility index (Phi) is 4.71. The van der Waals surface area contributed by atoms with Gasteiger partial charge < -0.3 is 4.74 Å². The van der Waals surface area contributed by atoms with Gasteiger partial charge in [0.25, 0.3) is 0 Å². The van der Waals surface area contributed by atoms with E-state index in [2.05, 4.69) is 12.6 Å². The van der Waals surface area contributed by atoms with Crippen molar-refractivity contribution in [2.45, 2.75) is 32.1 Å². The first-order chi connectivity index (χ1) is 8.81. The van der Waals surface area contributed by atoms with Gasteiger partial charge in [-0.15, -0.1) is 6.58 Å². The molecule has 0 atom stereocenters. The predicted octanol–water partition coefficient (Wildman–Crippen LogP) is 3.34. The Hall–Kier alpha value is -1.41. The molecule has 1 aliphatic carbocycles. The summed E-state index contributed by atoms with van der Waals surface area (Å²) >= 11 is 0. The Morgan fingerprint density at radius 3 is 3.00 bits per heavy atom. The van der Waals surface area contributed by atoms with E-state index in [0.29, 0.717) is 6.61 Å². The number of allylic oxidation sites excluding steroid dienone is 1. The van der Waals surface area contributed by atoms with Gasteiger partial charge in [0.15, 0.2) is 5.78 Å². The molecule has 0 bridgehead atoms. The average Bonchev–Trinajstić information content (AvgIpc) is 2.85. The second kappa shape index (κ2) is 6.50. The van der Waals surface area contributed by atoms with Gasteiger partial charge in [-0.25, -0.2) is 0 Å². The summed E-state index contributed by atoms with van der Waals surface area (Å²) in [7, 11) is 0. The lowest BCUT2D eigenvalue weighted by Gasteiger charge is -2.05. The third kappa shape index (κ3) is 3.30. The quantitative estimate of drug-likeness (QED) is 0.418. The van der Waals surface area contributed by atoms with Crippen LogP contribution >= 0.6 is 0 Å². The second-order valence-electron chi connectivity index (χ2n) is 4.74. The number of carbonyl (C=O) groups excluding carboxylic acids is 1. The Morgan fingerprint density at radius 2 is 2.17 bits per heavy atom. The van der Waals surface area contributed by atoms with E-state index in [1.54, 1.807) is 0 Å². The number of ether oxygens (including phenoxy) is 1. The normalized spacial score (nSPS) is 13.3. The minimum Gasteiger partial charge on any atom is -0.373 e. The van der Waals surface area contributed by atoms with Gasteiger partial charge in [0.2, 0.25) is 0 Å². The van der Waals surface area contributed by atoms with Crippen LogP contribution in [-0.4, -0.2) is 19.0 Å². The van der Waals surface area contributed by atoms with Gasteiger partial charge in [-0.2, -0.15) is 0 Å². The fraction of sp³-hybridized carbons (Fsp3) is 0.438. The largest absolute Gasteiger partial charge is 0.373 e. The Balaban J connectivity index is 1.83. The van der Waals surface area contributed by atoms with Crippen molar-refractivity contribution in [3.05, 3.63) is 47.5 Å². The standard InChI is InChI=1S/C16H20O2/c1-2-3-4-10-18-12-16(17)15-9-8-13-6-5-7-14(13)11-15/h2,8-9,11H,1,3-7,10,12H2. The van der Waals surface area contributed by atoms with E-state index in [1.165, 1.54) is 17.5 Å². The molecule has 0 heterocycles. The Bertz CT molecular complexity index is 435. The summed E-state index contributed by atoms with van der Waals surface area (Å²) in [5.41, 5.74) is 3.53. The molecule has 0 unspecified atom stereocenters. The van der Waals surface area contributed by atoms with Crippen molar-refractivity contribution >= 4 is 5.78 Å². The number of hydrogen-bond donors (Lipinski definition) is 0. The molecule has 0 saturated heterocycles. The van der Waals surface area contributed by atoms with Crippen molar-refractivity contribution in [3.63, 3.8) is 0 Å². The fourth-order valence-electron chi connectivity index (χ4n) is 2.32. The SMILES string of the molecule is C=CCCCOCC(=O)c1ccc2c(c1)CCC2. The van der Waals surface area contributed by atoms with Crippen molar-refractivity contribution in [2.75, 3.05) is 13.2 Å². The maximum atomic E-state index is 11.9. The van der Waals surface area contributed by atoms with Gasteiger partial charge in [-0.3, -0.25) is 4.79 Å². The molecule has 2 rings (SSSR count). The zero-order chi connectivity index (χ0) is 12.8. The topological polar surface area (TPSA) is 26.3 Å². The number of ketones is 1. The second-order valence-corrected chi connectivity index (χ2v) is 4.74. The van der Waals surface area contributed by atoms with Crippen molar-refractivity contribution in [2.24, 2.45) is 0 Å². The van der Waals surface area contributed by atoms with Gasteiger partial charge >= 0.3 is 0 Å². The number of hydrogen-bond acceptors (Lipinski definition) is 2. The van der Waals surface area contributed by atoms with Crippen LogP contribution in [0.5, 0.6) is 0 Å². The van der Waals surface area contributed by atoms with E-state index >= 15 is 0 Å². The zero-order valence-electron chi connectivity index (χ0n) is 10.8. The van der Waals surface area contributed by atoms with Crippen LogP contribution < -0.4 is 0 Å². The monoisotopic (exact) mass is 244 g/mol. The summed E-state index contributed by atoms with van der Waals surface area (Å²) in [6.45, 7) is 4.47. The van der Waals surface area contributed by atoms with Crippen LogP contribution in [0, 0.1) is 0 Å². The van der Waals surface area contributed by atoms with E-state index in [9.17, 15) is 4.79 Å². The van der Waals surface area contributed by atoms with Crippen LogP contribution in [0.2, 0.25) is 0 Å². The summed E-state index contributed by atoms with van der Waals surface area (Å²) in [5.74, 6) is 0.0864. The van der Waals surface area contributed by atoms with Crippen molar-refractivity contribution < 1.29 is 9.53 Å². The molecule has 0 aliphatic heterocycles. The lowest BCUT2D eigenvalue weighted by atomic mass is 10.0. The van der Waals surface area contributed by atoms with E-state index in [0.717, 1.165) is 31.2 Å². The van der Waals surface area contributed by atoms with Gasteiger partial charge in [0.1, 0.15) is 6.61 Å². The molecule has 96 valence electrons. The van der Waals surface area contributed by atoms with Gasteiger partial charge in [-0.05, 0) is 49.3 Å². The first-order valence-corrected chi connectivity index (χ1v) is 6.65. The number of unbranched alkanes of at least 4 members (excludes halogenated alkanes) is 1. The molecular weight excluding hydrogens is 224 g/mol. The van der Waals surface area contributed by atoms with Gasteiger partial charge in [0, 0.05) is 12.2 Å². The van der Waals surface area contributed by atoms with Crippen LogP contribution in [0.3, 0.4) is 0 Å². The fourth-order valence-corrected chi connectivity index (χ4v) is 2.32. The number of Topliss-reactive ketones (excluding diaryl/α,β-unsaturated/α-hetero) is 1. The maximum absolute atomic E-state index is 11.9. The highest BCUT2D eigenvalue weighted by atomic mass is 16.5. The maximum Gasteiger partial charge on any atom is 0.188 e. The molecule has 0 saturated carbocycles. The molecule has 2 nitrogen and oxygen atoms in total. The van der Waals surface area contributed by atoms with Crippen LogP contribution in [-0.2, 0) is 17.6 Å². The summed E-state index contributed by atoms with van der Waals surface area (Å²) in [6.07, 6.45) is 7.21. The molecule has 18 heavy (non-hydrogen) atoms. The Labute approximate surface area is 109 Å². The zero-order valence-corrected chi connectivity index (χ0v) is 10.8. The summed E-state index contributed by atoms with van der Waals surface area (Å²) in [5, 5.41) is 0. The van der Waals surface area contributed by atoms with Gasteiger partial charge in [0.05, 0.1) is 0 Å². The lowest BCUT2D eigenvalue weighted by molar-refractivity contribution is 0.0757. The lowest BCUT2D eigenvalue weighted by Crippen LogP contribution is -2.10. The molecule has 0 radical (unpaired) electrons. The number of benzene rings is 1. The van der Waals surface area contributed by atoms with E-state index in [-0.39, 0.29) is 12.4 Å². The van der Waals surface area contributed by atoms with Crippen LogP contribution in [0.1, 0.15) is 40.7 Å². The molecule has 1 aliphatic rings. The molecule has 1 aromatic carbocycles. The highest BCUT2D eigenvalue weighted by molar-refractivity contribution is 5.97. The first kappa shape index (κ1) is 13.0. The van der Waals surface area contributed by atoms with E-state index in [1.807, 2.05) is 18.2 Å². The molecule has 1 aromatic rings. The summed E-state index contributed by atoms with van der Waals surface area (Å²) in [4.78, 5) is 11.9. The number of aryl methyl sites for hydroxylation is 2. The molecule has 0 amide bonds. The highest BCUT2D eigenvalue weighted by Crippen LogP contribution is 2.22. The average molecular weight is 244 g/mol. The number of fused-ring (bicyclic) bond motifs is 1. The summed E-state index contributed by atoms with van der Waals surface area (Å²) in [6, 6.07) is 6.06. The molecular formula is C16H20O2. The third-order valence-corrected chi connectivity index (χ3v) is 3.35. The number of rotatable bonds is 7. The van der Waals surface area contributed by atoms with Crippen molar-refractivity contribution in [1.82, 2.24) is 0 Å². The van der Waals surface area contributed by atoms with Crippen LogP contribution in [0.15, 0.2) is 30.9 Å². The van der Waals surface area contributed by atoms with Crippen molar-refractivity contribution in [3.8, 4) is 0 Å². The van der Waals surface area contributed by atoms with Gasteiger partial charge in [-0.1, -0.05) is 18.2 Å². The molecule has 0 fully saturated rings. The minimum absolute atomic E-state index is 0.0864. The predicted molar refractivity (Wildman–Crippen MR) is 73.0 cm³/mol. The molecule has 0 aromatic heterocycles. The Morgan fingerprint density at radius 1 is 1.33 bits per heavy atom.